The average Bonchev–Trinajstić information content (AvgIpc) is 2.49. The van der Waals surface area contributed by atoms with E-state index in [1.807, 2.05) is 0 Å². The van der Waals surface area contributed by atoms with E-state index in [0.717, 1.165) is 0 Å². The lowest BCUT2D eigenvalue weighted by molar-refractivity contribution is -0.122. The number of sulfonamides is 1. The van der Waals surface area contributed by atoms with E-state index in [4.69, 9.17) is 0 Å². The molecule has 2 N–H and O–H groups in total. The highest BCUT2D eigenvalue weighted by Gasteiger charge is 2.24. The summed E-state index contributed by atoms with van der Waals surface area (Å²) < 4.78 is 27.2. The zero-order chi connectivity index (χ0) is 15.5. The number of amides is 1. The van der Waals surface area contributed by atoms with Crippen LogP contribution in [0.5, 0.6) is 0 Å². The molecule has 21 heavy (non-hydrogen) atoms. The molecule has 2 rings (SSSR count). The predicted octanol–water partition coefficient (Wildman–Crippen LogP) is 0.836. The van der Waals surface area contributed by atoms with Crippen LogP contribution in [-0.4, -0.2) is 32.7 Å². The van der Waals surface area contributed by atoms with Gasteiger partial charge in [0.2, 0.25) is 15.9 Å². The quantitative estimate of drug-likeness (QED) is 0.788. The molecule has 1 aliphatic heterocycles. The van der Waals surface area contributed by atoms with E-state index in [1.165, 1.54) is 12.1 Å². The summed E-state index contributed by atoms with van der Waals surface area (Å²) in [6.07, 6.45) is 1.10. The maximum atomic E-state index is 12.3. The number of hydrogen-bond acceptors (Lipinski definition) is 4. The van der Waals surface area contributed by atoms with Crippen LogP contribution in [0.3, 0.4) is 0 Å². The monoisotopic (exact) mass is 310 g/mol. The lowest BCUT2D eigenvalue weighted by atomic mass is 10.1. The standard InChI is InChI=1S/C14H18N2O4S/c1-2-13(17)10-4-3-5-12(8-10)21(19,20)16-11-6-7-14(18)15-9-11/h3-5,8,11,16H,2,6-7,9H2,1H3,(H,15,18). The van der Waals surface area contributed by atoms with E-state index < -0.39 is 10.0 Å². The van der Waals surface area contributed by atoms with Crippen molar-refractivity contribution in [1.82, 2.24) is 10.0 Å². The van der Waals surface area contributed by atoms with Gasteiger partial charge in [0.05, 0.1) is 4.90 Å². The molecule has 0 aromatic heterocycles. The Morgan fingerprint density at radius 2 is 2.19 bits per heavy atom. The molecule has 0 bridgehead atoms. The number of carbonyl (C=O) groups excluding carboxylic acids is 2. The van der Waals surface area contributed by atoms with Gasteiger partial charge in [-0.25, -0.2) is 13.1 Å². The molecule has 1 aromatic carbocycles. The maximum Gasteiger partial charge on any atom is 0.240 e. The first-order chi connectivity index (χ1) is 9.92. The first-order valence-corrected chi connectivity index (χ1v) is 8.33. The number of benzene rings is 1. The number of rotatable bonds is 5. The molecule has 0 saturated carbocycles. The Kier molecular flexibility index (Phi) is 4.74. The van der Waals surface area contributed by atoms with Crippen molar-refractivity contribution in [3.8, 4) is 0 Å². The maximum absolute atomic E-state index is 12.3. The van der Waals surface area contributed by atoms with Crippen molar-refractivity contribution in [2.75, 3.05) is 6.54 Å². The van der Waals surface area contributed by atoms with Crippen LogP contribution >= 0.6 is 0 Å². The minimum Gasteiger partial charge on any atom is -0.355 e. The van der Waals surface area contributed by atoms with Crippen molar-refractivity contribution in [1.29, 1.82) is 0 Å². The summed E-state index contributed by atoms with van der Waals surface area (Å²) in [6.45, 7) is 2.01. The third kappa shape index (κ3) is 3.89. The molecule has 1 atom stereocenters. The summed E-state index contributed by atoms with van der Waals surface area (Å²) in [5.41, 5.74) is 0.386. The van der Waals surface area contributed by atoms with Crippen LogP contribution in [0.25, 0.3) is 0 Å². The van der Waals surface area contributed by atoms with Crippen molar-refractivity contribution < 1.29 is 18.0 Å². The van der Waals surface area contributed by atoms with Crippen molar-refractivity contribution in [2.45, 2.75) is 37.1 Å². The highest BCUT2D eigenvalue weighted by Crippen LogP contribution is 2.15. The largest absolute Gasteiger partial charge is 0.355 e. The molecule has 1 amide bonds. The Morgan fingerprint density at radius 3 is 2.81 bits per heavy atom. The third-order valence-electron chi connectivity index (χ3n) is 3.37. The fourth-order valence-corrected chi connectivity index (χ4v) is 3.48. The number of nitrogens with one attached hydrogen (secondary N) is 2. The molecular formula is C14H18N2O4S. The number of Topliss-reactive ketones (excluding diaryl/α,β-unsaturated/α-hetero) is 1. The lowest BCUT2D eigenvalue weighted by Crippen LogP contribution is -2.47. The number of ketones is 1. The van der Waals surface area contributed by atoms with E-state index >= 15 is 0 Å². The van der Waals surface area contributed by atoms with E-state index in [9.17, 15) is 18.0 Å². The summed E-state index contributed by atoms with van der Waals surface area (Å²) in [5, 5.41) is 2.62. The van der Waals surface area contributed by atoms with Crippen LogP contribution in [0.15, 0.2) is 29.2 Å². The van der Waals surface area contributed by atoms with Crippen LogP contribution in [0.4, 0.5) is 0 Å². The summed E-state index contributed by atoms with van der Waals surface area (Å²) in [6, 6.07) is 5.68. The first kappa shape index (κ1) is 15.7. The Hall–Kier alpha value is -1.73. The minimum atomic E-state index is -3.70. The number of piperidine rings is 1. The Labute approximate surface area is 124 Å². The summed E-state index contributed by atoms with van der Waals surface area (Å²) >= 11 is 0. The third-order valence-corrected chi connectivity index (χ3v) is 4.89. The van der Waals surface area contributed by atoms with Gasteiger partial charge in [-0.2, -0.15) is 0 Å². The summed E-state index contributed by atoms with van der Waals surface area (Å²) in [7, 11) is -3.70. The van der Waals surface area contributed by atoms with E-state index in [0.29, 0.717) is 24.8 Å². The van der Waals surface area contributed by atoms with Gasteiger partial charge in [0, 0.05) is 31.0 Å². The van der Waals surface area contributed by atoms with E-state index in [-0.39, 0.29) is 29.2 Å². The Balaban J connectivity index is 2.16. The van der Waals surface area contributed by atoms with Gasteiger partial charge in [0.15, 0.2) is 5.78 Å². The van der Waals surface area contributed by atoms with Crippen LogP contribution in [0.1, 0.15) is 36.5 Å². The fraction of sp³-hybridized carbons (Fsp3) is 0.429. The topological polar surface area (TPSA) is 92.3 Å². The fourth-order valence-electron chi connectivity index (χ4n) is 2.16. The summed E-state index contributed by atoms with van der Waals surface area (Å²) in [5.74, 6) is -0.169. The van der Waals surface area contributed by atoms with Crippen LogP contribution < -0.4 is 10.0 Å². The highest BCUT2D eigenvalue weighted by atomic mass is 32.2. The minimum absolute atomic E-state index is 0.0682. The van der Waals surface area contributed by atoms with Crippen molar-refractivity contribution in [3.05, 3.63) is 29.8 Å². The molecule has 1 saturated heterocycles. The van der Waals surface area contributed by atoms with Gasteiger partial charge in [-0.15, -0.1) is 0 Å². The zero-order valence-corrected chi connectivity index (χ0v) is 12.6. The first-order valence-electron chi connectivity index (χ1n) is 6.84. The van der Waals surface area contributed by atoms with Crippen molar-refractivity contribution in [2.24, 2.45) is 0 Å². The zero-order valence-electron chi connectivity index (χ0n) is 11.8. The molecule has 1 unspecified atom stereocenters. The molecule has 1 heterocycles. The van der Waals surface area contributed by atoms with Gasteiger partial charge in [-0.1, -0.05) is 19.1 Å². The highest BCUT2D eigenvalue weighted by molar-refractivity contribution is 7.89. The molecule has 1 fully saturated rings. The Bertz CT molecular complexity index is 645. The normalized spacial score (nSPS) is 19.1. The second-order valence-electron chi connectivity index (χ2n) is 4.97. The smallest absolute Gasteiger partial charge is 0.240 e. The molecular weight excluding hydrogens is 292 g/mol. The average molecular weight is 310 g/mol. The van der Waals surface area contributed by atoms with Gasteiger partial charge in [-0.05, 0) is 18.6 Å². The van der Waals surface area contributed by atoms with Crippen LogP contribution in [-0.2, 0) is 14.8 Å². The van der Waals surface area contributed by atoms with Crippen molar-refractivity contribution in [3.63, 3.8) is 0 Å². The van der Waals surface area contributed by atoms with Crippen LogP contribution in [0, 0.1) is 0 Å². The summed E-state index contributed by atoms with van der Waals surface area (Å²) in [4.78, 5) is 22.8. The van der Waals surface area contributed by atoms with Gasteiger partial charge in [-0.3, -0.25) is 9.59 Å². The number of carbonyl (C=O) groups is 2. The van der Waals surface area contributed by atoms with Gasteiger partial charge in [0.25, 0.3) is 0 Å². The van der Waals surface area contributed by atoms with E-state index in [2.05, 4.69) is 10.0 Å². The second kappa shape index (κ2) is 6.36. The molecule has 0 aliphatic carbocycles. The van der Waals surface area contributed by atoms with E-state index in [1.54, 1.807) is 19.1 Å². The molecule has 1 aliphatic rings. The van der Waals surface area contributed by atoms with Gasteiger partial charge < -0.3 is 5.32 Å². The number of hydrogen-bond donors (Lipinski definition) is 2. The second-order valence-corrected chi connectivity index (χ2v) is 6.68. The molecule has 0 radical (unpaired) electrons. The van der Waals surface area contributed by atoms with Gasteiger partial charge >= 0.3 is 0 Å². The SMILES string of the molecule is CCC(=O)c1cccc(S(=O)(=O)NC2CCC(=O)NC2)c1. The lowest BCUT2D eigenvalue weighted by Gasteiger charge is -2.23. The Morgan fingerprint density at radius 1 is 1.43 bits per heavy atom. The molecule has 1 aromatic rings. The van der Waals surface area contributed by atoms with Crippen LogP contribution in [0.2, 0.25) is 0 Å². The molecule has 114 valence electrons. The predicted molar refractivity (Wildman–Crippen MR) is 77.4 cm³/mol. The van der Waals surface area contributed by atoms with Crippen molar-refractivity contribution >= 4 is 21.7 Å². The molecule has 6 nitrogen and oxygen atoms in total. The molecule has 0 spiro atoms. The van der Waals surface area contributed by atoms with Gasteiger partial charge in [0.1, 0.15) is 0 Å². The molecule has 7 heteroatoms.